The van der Waals surface area contributed by atoms with E-state index in [-0.39, 0.29) is 23.1 Å². The summed E-state index contributed by atoms with van der Waals surface area (Å²) in [6.45, 7) is 4.86. The van der Waals surface area contributed by atoms with Gasteiger partial charge in [0, 0.05) is 36.3 Å². The average molecular weight is 591 g/mol. The van der Waals surface area contributed by atoms with Crippen LogP contribution in [0.5, 0.6) is 0 Å². The molecule has 8 N–H and O–H groups in total. The van der Waals surface area contributed by atoms with E-state index in [2.05, 4.69) is 32.4 Å². The highest BCUT2D eigenvalue weighted by Crippen LogP contribution is 2.31. The van der Waals surface area contributed by atoms with Gasteiger partial charge in [0.05, 0.1) is 22.4 Å². The van der Waals surface area contributed by atoms with Gasteiger partial charge in [-0.05, 0) is 81.0 Å². The highest BCUT2D eigenvalue weighted by Gasteiger charge is 2.16. The van der Waals surface area contributed by atoms with E-state index in [1.54, 1.807) is 31.3 Å². The molecule has 0 bridgehead atoms. The van der Waals surface area contributed by atoms with Crippen molar-refractivity contribution in [2.45, 2.75) is 58.2 Å². The Balaban J connectivity index is 1.52. The van der Waals surface area contributed by atoms with Crippen LogP contribution in [0.4, 0.5) is 4.39 Å². The maximum Gasteiger partial charge on any atom is 0.354 e. The number of nitrogens with zero attached hydrogens (tertiary/aromatic N) is 2. The Hall–Kier alpha value is -4.17. The monoisotopic (exact) mass is 590 g/mol. The Bertz CT molecular complexity index is 1670. The molecule has 0 radical (unpaired) electrons. The molecule has 0 unspecified atom stereocenters. The summed E-state index contributed by atoms with van der Waals surface area (Å²) in [7, 11) is 0. The first-order valence-electron chi connectivity index (χ1n) is 13.8. The Morgan fingerprint density at radius 1 is 1.21 bits per heavy atom. The van der Waals surface area contributed by atoms with Crippen molar-refractivity contribution in [1.82, 2.24) is 25.2 Å². The molecule has 0 amide bonds. The second-order valence-corrected chi connectivity index (χ2v) is 10.7. The normalized spacial score (nSPS) is 12.5. The first-order valence-corrected chi connectivity index (χ1v) is 14.2. The summed E-state index contributed by atoms with van der Waals surface area (Å²) in [6, 6.07) is 12.8. The number of aromatic nitrogens is 3. The molecule has 0 aliphatic rings. The highest BCUT2D eigenvalue weighted by atomic mass is 35.5. The molecule has 0 fully saturated rings. The topological polar surface area (TPSA) is 151 Å². The van der Waals surface area contributed by atoms with Crippen molar-refractivity contribution in [3.8, 4) is 28.8 Å². The van der Waals surface area contributed by atoms with Gasteiger partial charge in [-0.25, -0.2) is 9.18 Å². The Morgan fingerprint density at radius 2 is 1.98 bits per heavy atom. The van der Waals surface area contributed by atoms with E-state index >= 15 is 4.39 Å². The fourth-order valence-corrected chi connectivity index (χ4v) is 4.95. The molecular weight excluding hydrogens is 555 g/mol. The van der Waals surface area contributed by atoms with Gasteiger partial charge < -0.3 is 21.8 Å². The molecule has 42 heavy (non-hydrogen) atoms. The van der Waals surface area contributed by atoms with Crippen molar-refractivity contribution in [3.05, 3.63) is 81.1 Å². The third-order valence-corrected chi connectivity index (χ3v) is 7.12. The molecule has 11 heteroatoms. The maximum absolute atomic E-state index is 15.1. The number of benzene rings is 2. The second kappa shape index (κ2) is 14.1. The number of aryl methyl sites for hydroxylation is 1. The van der Waals surface area contributed by atoms with Crippen LogP contribution in [0.1, 0.15) is 44.2 Å². The number of halogens is 2. The van der Waals surface area contributed by atoms with Gasteiger partial charge in [-0.15, -0.1) is 5.92 Å². The highest BCUT2D eigenvalue weighted by molar-refractivity contribution is 6.31. The minimum atomic E-state index is -0.527. The van der Waals surface area contributed by atoms with Gasteiger partial charge in [0.15, 0.2) is 11.8 Å². The quantitative estimate of drug-likeness (QED) is 0.0827. The first kappa shape index (κ1) is 30.8. The molecule has 0 saturated heterocycles. The summed E-state index contributed by atoms with van der Waals surface area (Å²) in [5, 5.41) is 14.2. The zero-order valence-corrected chi connectivity index (χ0v) is 24.5. The summed E-state index contributed by atoms with van der Waals surface area (Å²) >= 11 is 6.23. The van der Waals surface area contributed by atoms with Crippen LogP contribution >= 0.6 is 11.6 Å². The molecule has 4 rings (SSSR count). The molecule has 2 atom stereocenters. The largest absolute Gasteiger partial charge is 0.370 e. The molecule has 2 heterocycles. The minimum absolute atomic E-state index is 0.0462. The molecule has 9 nitrogen and oxygen atoms in total. The van der Waals surface area contributed by atoms with Crippen molar-refractivity contribution in [3.63, 3.8) is 0 Å². The zero-order chi connectivity index (χ0) is 30.2. The van der Waals surface area contributed by atoms with Crippen molar-refractivity contribution < 1.29 is 4.39 Å². The number of nitrogens with two attached hydrogens (primary N) is 2. The molecule has 0 aliphatic carbocycles. The number of guanidine groups is 1. The summed E-state index contributed by atoms with van der Waals surface area (Å²) in [5.74, 6) is 5.45. The standard InChI is InChI=1S/C31H36ClFN8O/c1-3-5-23(12-13-37-30(35)36)38-17-20-8-10-24(11-9-20)41-18-22-16-27(39-29(22)40-31(41)42)25-14-21(7-4-6-19(2)34)15-26(32)28(25)33/h8-11,14-16,18-19,23,38H,4,6-7,12-13,17,34H2,1-2H3,(H4,35,36,37)(H,39,40,42)/t19-,23+/m0/s1. The van der Waals surface area contributed by atoms with E-state index in [9.17, 15) is 4.79 Å². The Labute approximate surface area is 249 Å². The SMILES string of the molecule is CC#C[C@H](CCNC(=N)N)NCc1ccc(-n2cc3cc(-c4cc(CCC[C@H](C)N)cc(Cl)c4F)[nH]c3nc2=O)cc1. The van der Waals surface area contributed by atoms with E-state index in [1.165, 1.54) is 4.57 Å². The maximum atomic E-state index is 15.1. The molecular formula is C31H36ClFN8O. The molecule has 0 aliphatic heterocycles. The van der Waals surface area contributed by atoms with Gasteiger partial charge in [0.2, 0.25) is 0 Å². The van der Waals surface area contributed by atoms with Crippen LogP contribution in [0.15, 0.2) is 53.5 Å². The van der Waals surface area contributed by atoms with Crippen LogP contribution in [-0.4, -0.2) is 39.1 Å². The molecule has 0 saturated carbocycles. The van der Waals surface area contributed by atoms with Gasteiger partial charge in [-0.1, -0.05) is 29.7 Å². The lowest BCUT2D eigenvalue weighted by atomic mass is 10.0. The average Bonchev–Trinajstić information content (AvgIpc) is 3.35. The molecule has 0 spiro atoms. The van der Waals surface area contributed by atoms with Crippen LogP contribution in [-0.2, 0) is 13.0 Å². The summed E-state index contributed by atoms with van der Waals surface area (Å²) < 4.78 is 16.5. The number of hydrogen-bond donors (Lipinski definition) is 6. The number of rotatable bonds is 12. The number of fused-ring (bicyclic) bond motifs is 1. The van der Waals surface area contributed by atoms with Gasteiger partial charge in [0.1, 0.15) is 5.65 Å². The van der Waals surface area contributed by atoms with Crippen LogP contribution in [0.25, 0.3) is 28.0 Å². The van der Waals surface area contributed by atoms with Gasteiger partial charge >= 0.3 is 5.69 Å². The van der Waals surface area contributed by atoms with E-state index in [0.29, 0.717) is 47.5 Å². The lowest BCUT2D eigenvalue weighted by Gasteiger charge is -2.14. The van der Waals surface area contributed by atoms with Gasteiger partial charge in [-0.2, -0.15) is 4.98 Å². The predicted octanol–water partition coefficient (Wildman–Crippen LogP) is 4.20. The van der Waals surface area contributed by atoms with E-state index in [0.717, 1.165) is 30.4 Å². The fourth-order valence-electron chi connectivity index (χ4n) is 4.70. The van der Waals surface area contributed by atoms with Crippen LogP contribution in [0, 0.1) is 23.1 Å². The number of nitrogens with one attached hydrogen (secondary N) is 4. The third kappa shape index (κ3) is 7.97. The van der Waals surface area contributed by atoms with Gasteiger partial charge in [0.25, 0.3) is 0 Å². The summed E-state index contributed by atoms with van der Waals surface area (Å²) in [4.78, 5) is 20.2. The summed E-state index contributed by atoms with van der Waals surface area (Å²) in [5.41, 5.74) is 14.5. The number of hydrogen-bond acceptors (Lipinski definition) is 5. The lowest BCUT2D eigenvalue weighted by Crippen LogP contribution is -2.36. The number of aromatic amines is 1. The van der Waals surface area contributed by atoms with E-state index in [1.807, 2.05) is 31.2 Å². The van der Waals surface area contributed by atoms with Crippen LogP contribution in [0.2, 0.25) is 5.02 Å². The predicted molar refractivity (Wildman–Crippen MR) is 167 cm³/mol. The number of H-pyrrole nitrogens is 1. The van der Waals surface area contributed by atoms with Crippen LogP contribution < -0.4 is 27.8 Å². The molecule has 2 aromatic carbocycles. The van der Waals surface area contributed by atoms with Crippen molar-refractivity contribution in [2.24, 2.45) is 11.5 Å². The fraction of sp³-hybridized carbons (Fsp3) is 0.323. The van der Waals surface area contributed by atoms with Crippen LogP contribution in [0.3, 0.4) is 0 Å². The molecule has 220 valence electrons. The zero-order valence-electron chi connectivity index (χ0n) is 23.7. The van der Waals surface area contributed by atoms with Crippen molar-refractivity contribution >= 4 is 28.6 Å². The van der Waals surface area contributed by atoms with Crippen molar-refractivity contribution in [1.29, 1.82) is 5.41 Å². The van der Waals surface area contributed by atoms with Gasteiger partial charge in [-0.3, -0.25) is 15.3 Å². The smallest absolute Gasteiger partial charge is 0.354 e. The minimum Gasteiger partial charge on any atom is -0.370 e. The second-order valence-electron chi connectivity index (χ2n) is 10.3. The first-order chi connectivity index (χ1) is 20.1. The Kier molecular flexibility index (Phi) is 10.4. The molecule has 4 aromatic rings. The summed E-state index contributed by atoms with van der Waals surface area (Å²) in [6.07, 6.45) is 4.84. The van der Waals surface area contributed by atoms with E-state index < -0.39 is 11.5 Å². The van der Waals surface area contributed by atoms with E-state index in [4.69, 9.17) is 28.5 Å². The molecule has 2 aromatic heterocycles. The Morgan fingerprint density at radius 3 is 2.67 bits per heavy atom. The third-order valence-electron chi connectivity index (χ3n) is 6.85. The lowest BCUT2D eigenvalue weighted by molar-refractivity contribution is 0.563. The van der Waals surface area contributed by atoms with Crippen molar-refractivity contribution in [2.75, 3.05) is 6.54 Å².